The zero-order valence-electron chi connectivity index (χ0n) is 15.7. The van der Waals surface area contributed by atoms with Crippen LogP contribution in [0.3, 0.4) is 0 Å². The van der Waals surface area contributed by atoms with Crippen molar-refractivity contribution in [3.8, 4) is 11.5 Å². The van der Waals surface area contributed by atoms with Crippen LogP contribution in [0.4, 0.5) is 0 Å². The van der Waals surface area contributed by atoms with E-state index in [2.05, 4.69) is 20.5 Å². The van der Waals surface area contributed by atoms with E-state index in [1.165, 1.54) is 0 Å². The second kappa shape index (κ2) is 6.94. The first-order valence-electron chi connectivity index (χ1n) is 9.10. The third kappa shape index (κ3) is 3.47. The first-order valence-corrected chi connectivity index (χ1v) is 9.10. The third-order valence-electron chi connectivity index (χ3n) is 4.95. The lowest BCUT2D eigenvalue weighted by molar-refractivity contribution is 0.0671. The van der Waals surface area contributed by atoms with Crippen LogP contribution in [0.2, 0.25) is 0 Å². The monoisotopic (exact) mass is 366 g/mol. The van der Waals surface area contributed by atoms with Crippen LogP contribution in [0.1, 0.15) is 46.3 Å². The number of amides is 1. The van der Waals surface area contributed by atoms with Gasteiger partial charge < -0.3 is 9.42 Å². The van der Waals surface area contributed by atoms with Gasteiger partial charge in [-0.05, 0) is 38.3 Å². The van der Waals surface area contributed by atoms with E-state index in [1.807, 2.05) is 47.8 Å². The van der Waals surface area contributed by atoms with Crippen LogP contribution in [0.5, 0.6) is 0 Å². The van der Waals surface area contributed by atoms with Crippen molar-refractivity contribution in [2.45, 2.75) is 39.7 Å². The molecule has 4 rings (SSSR count). The highest BCUT2D eigenvalue weighted by Crippen LogP contribution is 2.24. The summed E-state index contributed by atoms with van der Waals surface area (Å²) in [5.74, 6) is 0.996. The fourth-order valence-corrected chi connectivity index (χ4v) is 3.45. The Balaban J connectivity index is 1.52. The van der Waals surface area contributed by atoms with E-state index in [9.17, 15) is 4.79 Å². The van der Waals surface area contributed by atoms with Gasteiger partial charge in [0.05, 0.1) is 12.2 Å². The van der Waals surface area contributed by atoms with Gasteiger partial charge in [0.15, 0.2) is 5.69 Å². The van der Waals surface area contributed by atoms with Crippen LogP contribution in [-0.2, 0) is 0 Å². The molecule has 3 heterocycles. The molecule has 1 amide bonds. The molecule has 1 atom stereocenters. The van der Waals surface area contributed by atoms with E-state index in [0.717, 1.165) is 36.1 Å². The Morgan fingerprint density at radius 2 is 2.11 bits per heavy atom. The molecule has 140 valence electrons. The van der Waals surface area contributed by atoms with Crippen LogP contribution >= 0.6 is 0 Å². The number of benzene rings is 1. The second-order valence-electron chi connectivity index (χ2n) is 7.09. The van der Waals surface area contributed by atoms with Gasteiger partial charge in [0.2, 0.25) is 11.7 Å². The van der Waals surface area contributed by atoms with Gasteiger partial charge in [-0.3, -0.25) is 4.79 Å². The van der Waals surface area contributed by atoms with Gasteiger partial charge in [0.25, 0.3) is 5.91 Å². The maximum Gasteiger partial charge on any atom is 0.254 e. The highest BCUT2D eigenvalue weighted by molar-refractivity contribution is 5.95. The van der Waals surface area contributed by atoms with E-state index in [4.69, 9.17) is 4.52 Å². The maximum atomic E-state index is 13.0. The van der Waals surface area contributed by atoms with Gasteiger partial charge in [0.1, 0.15) is 0 Å². The average molecular weight is 366 g/mol. The molecule has 1 aromatic carbocycles. The summed E-state index contributed by atoms with van der Waals surface area (Å²) in [6, 6.07) is 6.08. The largest absolute Gasteiger partial charge is 0.339 e. The predicted molar refractivity (Wildman–Crippen MR) is 98.1 cm³/mol. The van der Waals surface area contributed by atoms with Gasteiger partial charge in [-0.2, -0.15) is 4.98 Å². The first-order chi connectivity index (χ1) is 13.0. The third-order valence-corrected chi connectivity index (χ3v) is 4.95. The molecular weight excluding hydrogens is 344 g/mol. The Kier molecular flexibility index (Phi) is 4.47. The molecular formula is C19H22N6O2. The number of piperidine rings is 1. The second-order valence-corrected chi connectivity index (χ2v) is 7.09. The number of nitrogens with zero attached hydrogens (tertiary/aromatic N) is 6. The molecule has 0 radical (unpaired) electrons. The molecule has 1 aliphatic heterocycles. The fourth-order valence-electron chi connectivity index (χ4n) is 3.45. The highest BCUT2D eigenvalue weighted by atomic mass is 16.5. The summed E-state index contributed by atoms with van der Waals surface area (Å²) >= 11 is 0. The Morgan fingerprint density at radius 1 is 1.26 bits per heavy atom. The van der Waals surface area contributed by atoms with Crippen molar-refractivity contribution in [2.75, 3.05) is 13.1 Å². The van der Waals surface area contributed by atoms with Gasteiger partial charge in [-0.15, -0.1) is 5.10 Å². The Bertz CT molecular complexity index is 976. The van der Waals surface area contributed by atoms with Crippen LogP contribution in [0, 0.1) is 20.8 Å². The van der Waals surface area contributed by atoms with Crippen molar-refractivity contribution in [3.05, 3.63) is 47.0 Å². The van der Waals surface area contributed by atoms with Crippen LogP contribution < -0.4 is 0 Å². The lowest BCUT2D eigenvalue weighted by Crippen LogP contribution is -2.41. The molecule has 0 saturated carbocycles. The van der Waals surface area contributed by atoms with Gasteiger partial charge >= 0.3 is 0 Å². The van der Waals surface area contributed by atoms with Crippen molar-refractivity contribution in [1.29, 1.82) is 0 Å². The molecule has 0 N–H and O–H groups in total. The lowest BCUT2D eigenvalue weighted by atomic mass is 10.0. The van der Waals surface area contributed by atoms with E-state index in [-0.39, 0.29) is 11.9 Å². The molecule has 27 heavy (non-hydrogen) atoms. The number of likely N-dealkylation sites (tertiary alicyclic amines) is 1. The van der Waals surface area contributed by atoms with Crippen LogP contribution in [-0.4, -0.2) is 49.0 Å². The number of hydrogen-bond acceptors (Lipinski definition) is 6. The molecule has 1 fully saturated rings. The molecule has 8 heteroatoms. The van der Waals surface area contributed by atoms with Crippen molar-refractivity contribution in [3.63, 3.8) is 0 Å². The topological polar surface area (TPSA) is 89.9 Å². The zero-order chi connectivity index (χ0) is 19.0. The van der Waals surface area contributed by atoms with E-state index in [1.54, 1.807) is 6.92 Å². The maximum absolute atomic E-state index is 13.0. The number of carbonyl (C=O) groups excluding carboxylic acids is 1. The number of carbonyl (C=O) groups is 1. The minimum atomic E-state index is 0.0787. The summed E-state index contributed by atoms with van der Waals surface area (Å²) in [5, 5.41) is 12.3. The summed E-state index contributed by atoms with van der Waals surface area (Å²) in [6.45, 7) is 7.09. The molecule has 0 spiro atoms. The zero-order valence-corrected chi connectivity index (χ0v) is 15.7. The van der Waals surface area contributed by atoms with Crippen molar-refractivity contribution < 1.29 is 9.32 Å². The van der Waals surface area contributed by atoms with E-state index in [0.29, 0.717) is 24.0 Å². The molecule has 0 bridgehead atoms. The van der Waals surface area contributed by atoms with Crippen molar-refractivity contribution in [1.82, 2.24) is 30.0 Å². The summed E-state index contributed by atoms with van der Waals surface area (Å²) < 4.78 is 6.81. The Morgan fingerprint density at radius 3 is 2.89 bits per heavy atom. The van der Waals surface area contributed by atoms with Gasteiger partial charge in [-0.1, -0.05) is 28.1 Å². The number of hydrogen-bond donors (Lipinski definition) is 0. The number of aromatic nitrogens is 5. The molecule has 0 aliphatic carbocycles. The van der Waals surface area contributed by atoms with E-state index < -0.39 is 0 Å². The van der Waals surface area contributed by atoms with Crippen molar-refractivity contribution in [2.24, 2.45) is 0 Å². The van der Waals surface area contributed by atoms with E-state index >= 15 is 0 Å². The van der Waals surface area contributed by atoms with Crippen LogP contribution in [0.25, 0.3) is 11.5 Å². The summed E-state index contributed by atoms with van der Waals surface area (Å²) in [4.78, 5) is 19.1. The van der Waals surface area contributed by atoms with Crippen LogP contribution in [0.15, 0.2) is 28.9 Å². The molecule has 1 aliphatic rings. The summed E-state index contributed by atoms with van der Waals surface area (Å²) in [5.41, 5.74) is 3.44. The quantitative estimate of drug-likeness (QED) is 0.708. The fraction of sp³-hybridized carbons (Fsp3) is 0.421. The highest BCUT2D eigenvalue weighted by Gasteiger charge is 2.27. The van der Waals surface area contributed by atoms with Gasteiger partial charge in [-0.25, -0.2) is 4.68 Å². The van der Waals surface area contributed by atoms with Crippen molar-refractivity contribution >= 4 is 5.91 Å². The predicted octanol–water partition coefficient (Wildman–Crippen LogP) is 2.73. The van der Waals surface area contributed by atoms with Gasteiger partial charge in [0, 0.05) is 25.6 Å². The molecule has 8 nitrogen and oxygen atoms in total. The lowest BCUT2D eigenvalue weighted by Gasteiger charge is -2.33. The minimum Gasteiger partial charge on any atom is -0.339 e. The minimum absolute atomic E-state index is 0.0787. The SMILES string of the molecule is Cc1ccc(C)c(C(=O)N2CCC[C@@H](n3cc(-c4noc(C)n4)nn3)C2)c1. The number of rotatable bonds is 3. The normalized spacial score (nSPS) is 17.3. The first kappa shape index (κ1) is 17.4. The molecule has 3 aromatic rings. The number of aryl methyl sites for hydroxylation is 3. The molecule has 1 saturated heterocycles. The smallest absolute Gasteiger partial charge is 0.254 e. The summed E-state index contributed by atoms with van der Waals surface area (Å²) in [7, 11) is 0. The standard InChI is InChI=1S/C19H22N6O2/c1-12-6-7-13(2)16(9-12)19(26)24-8-4-5-15(10-24)25-11-17(21-23-25)18-20-14(3)27-22-18/h6-7,9,11,15H,4-5,8,10H2,1-3H3/t15-/m1/s1. The average Bonchev–Trinajstić information content (AvgIpc) is 3.32. The molecule has 0 unspecified atom stereocenters. The Hall–Kier alpha value is -3.03. The molecule has 2 aromatic heterocycles. The summed E-state index contributed by atoms with van der Waals surface area (Å²) in [6.07, 6.45) is 3.70. The Labute approximate surface area is 157 Å².